The van der Waals surface area contributed by atoms with Crippen molar-refractivity contribution in [1.82, 2.24) is 9.97 Å². The first kappa shape index (κ1) is 22.4. The summed E-state index contributed by atoms with van der Waals surface area (Å²) in [6.45, 7) is 6.43. The maximum absolute atomic E-state index is 12.8. The van der Waals surface area contributed by atoms with Crippen LogP contribution in [0.5, 0.6) is 23.3 Å². The van der Waals surface area contributed by atoms with Gasteiger partial charge in [0.15, 0.2) is 11.5 Å². The summed E-state index contributed by atoms with van der Waals surface area (Å²) in [5.74, 6) is 1.40. The minimum atomic E-state index is -0.321. The van der Waals surface area contributed by atoms with Gasteiger partial charge in [0.05, 0.1) is 18.7 Å². The SMILES string of the molecule is COc1cc(C(=O)Nc2ccc(Oc3ncccn3)cc2C)cc(Cl)c1OCC(C)C. The van der Waals surface area contributed by atoms with Crippen molar-refractivity contribution in [1.29, 1.82) is 0 Å². The molecule has 0 fully saturated rings. The molecule has 1 N–H and O–H groups in total. The third kappa shape index (κ3) is 5.86. The molecule has 1 aromatic heterocycles. The molecule has 0 saturated carbocycles. The highest BCUT2D eigenvalue weighted by Gasteiger charge is 2.17. The van der Waals surface area contributed by atoms with Crippen molar-refractivity contribution in [2.24, 2.45) is 5.92 Å². The van der Waals surface area contributed by atoms with Gasteiger partial charge in [0.2, 0.25) is 0 Å². The number of nitrogens with zero attached hydrogens (tertiary/aromatic N) is 2. The van der Waals surface area contributed by atoms with Gasteiger partial charge in [-0.2, -0.15) is 0 Å². The number of rotatable bonds is 8. The van der Waals surface area contributed by atoms with Crippen molar-refractivity contribution < 1.29 is 19.0 Å². The van der Waals surface area contributed by atoms with Crippen molar-refractivity contribution in [2.75, 3.05) is 19.0 Å². The average molecular weight is 442 g/mol. The van der Waals surface area contributed by atoms with Crippen molar-refractivity contribution in [3.8, 4) is 23.3 Å². The molecule has 0 radical (unpaired) electrons. The fourth-order valence-electron chi connectivity index (χ4n) is 2.72. The Balaban J connectivity index is 1.75. The summed E-state index contributed by atoms with van der Waals surface area (Å²) in [7, 11) is 1.51. The van der Waals surface area contributed by atoms with Gasteiger partial charge < -0.3 is 19.5 Å². The Labute approximate surface area is 186 Å². The van der Waals surface area contributed by atoms with Crippen LogP contribution in [0.3, 0.4) is 0 Å². The number of hydrogen-bond acceptors (Lipinski definition) is 6. The number of anilines is 1. The second-order valence-electron chi connectivity index (χ2n) is 7.26. The maximum atomic E-state index is 12.8. The van der Waals surface area contributed by atoms with Gasteiger partial charge in [-0.25, -0.2) is 9.97 Å². The highest BCUT2D eigenvalue weighted by molar-refractivity contribution is 6.32. The number of aryl methyl sites for hydroxylation is 1. The molecule has 1 amide bonds. The van der Waals surface area contributed by atoms with E-state index in [1.54, 1.807) is 48.8 Å². The number of aromatic nitrogens is 2. The molecule has 3 aromatic rings. The predicted molar refractivity (Wildman–Crippen MR) is 120 cm³/mol. The molecule has 3 rings (SSSR count). The van der Waals surface area contributed by atoms with Crippen LogP contribution in [0.2, 0.25) is 5.02 Å². The zero-order chi connectivity index (χ0) is 22.4. The number of carbonyl (C=O) groups excluding carboxylic acids is 1. The summed E-state index contributed by atoms with van der Waals surface area (Å²) in [6.07, 6.45) is 3.20. The molecule has 162 valence electrons. The van der Waals surface area contributed by atoms with E-state index in [2.05, 4.69) is 15.3 Å². The molecular weight excluding hydrogens is 418 g/mol. The fourth-order valence-corrected chi connectivity index (χ4v) is 2.98. The number of amides is 1. The summed E-state index contributed by atoms with van der Waals surface area (Å²) in [5, 5.41) is 3.20. The molecule has 0 saturated heterocycles. The van der Waals surface area contributed by atoms with Crippen LogP contribution < -0.4 is 19.5 Å². The Hall–Kier alpha value is -3.32. The number of benzene rings is 2. The number of hydrogen-bond donors (Lipinski definition) is 1. The second kappa shape index (κ2) is 10.1. The maximum Gasteiger partial charge on any atom is 0.321 e. The van der Waals surface area contributed by atoms with E-state index >= 15 is 0 Å². The zero-order valence-electron chi connectivity index (χ0n) is 17.8. The average Bonchev–Trinajstić information content (AvgIpc) is 2.74. The van der Waals surface area contributed by atoms with E-state index < -0.39 is 0 Å². The first-order chi connectivity index (χ1) is 14.9. The number of halogens is 1. The van der Waals surface area contributed by atoms with E-state index in [4.69, 9.17) is 25.8 Å². The van der Waals surface area contributed by atoms with E-state index in [0.717, 1.165) is 5.56 Å². The molecule has 8 heteroatoms. The van der Waals surface area contributed by atoms with Crippen LogP contribution in [-0.2, 0) is 0 Å². The Morgan fingerprint density at radius 2 is 1.90 bits per heavy atom. The molecule has 0 aliphatic carbocycles. The van der Waals surface area contributed by atoms with Crippen LogP contribution in [0.15, 0.2) is 48.8 Å². The lowest BCUT2D eigenvalue weighted by Gasteiger charge is -2.16. The molecular formula is C23H24ClN3O4. The molecule has 0 aliphatic rings. The number of ether oxygens (including phenoxy) is 3. The van der Waals surface area contributed by atoms with Crippen molar-refractivity contribution >= 4 is 23.2 Å². The lowest BCUT2D eigenvalue weighted by atomic mass is 10.1. The third-order valence-corrected chi connectivity index (χ3v) is 4.53. The monoisotopic (exact) mass is 441 g/mol. The van der Waals surface area contributed by atoms with Crippen molar-refractivity contribution in [3.05, 3.63) is 64.9 Å². The van der Waals surface area contributed by atoms with E-state index in [1.165, 1.54) is 7.11 Å². The topological polar surface area (TPSA) is 82.6 Å². The summed E-state index contributed by atoms with van der Waals surface area (Å²) < 4.78 is 16.7. The van der Waals surface area contributed by atoms with Gasteiger partial charge in [0.25, 0.3) is 5.91 Å². The third-order valence-electron chi connectivity index (χ3n) is 4.25. The van der Waals surface area contributed by atoms with E-state index in [1.807, 2.05) is 20.8 Å². The van der Waals surface area contributed by atoms with Crippen LogP contribution >= 0.6 is 11.6 Å². The summed E-state index contributed by atoms with van der Waals surface area (Å²) in [5.41, 5.74) is 1.81. The normalized spacial score (nSPS) is 10.6. The van der Waals surface area contributed by atoms with E-state index in [9.17, 15) is 4.79 Å². The van der Waals surface area contributed by atoms with Gasteiger partial charge in [-0.3, -0.25) is 4.79 Å². The Bertz CT molecular complexity index is 1060. The molecule has 2 aromatic carbocycles. The Morgan fingerprint density at radius 3 is 2.55 bits per heavy atom. The number of methoxy groups -OCH3 is 1. The van der Waals surface area contributed by atoms with Gasteiger partial charge in [-0.05, 0) is 54.8 Å². The second-order valence-corrected chi connectivity index (χ2v) is 7.67. The van der Waals surface area contributed by atoms with Crippen molar-refractivity contribution in [3.63, 3.8) is 0 Å². The minimum absolute atomic E-state index is 0.250. The predicted octanol–water partition coefficient (Wildman–Crippen LogP) is 5.53. The number of nitrogens with one attached hydrogen (secondary N) is 1. The van der Waals surface area contributed by atoms with Gasteiger partial charge in [0, 0.05) is 23.6 Å². The molecule has 1 heterocycles. The van der Waals surface area contributed by atoms with Crippen LogP contribution in [-0.4, -0.2) is 29.6 Å². The Kier molecular flexibility index (Phi) is 7.31. The van der Waals surface area contributed by atoms with Gasteiger partial charge >= 0.3 is 6.01 Å². The molecule has 31 heavy (non-hydrogen) atoms. The zero-order valence-corrected chi connectivity index (χ0v) is 18.6. The van der Waals surface area contributed by atoms with Crippen molar-refractivity contribution in [2.45, 2.75) is 20.8 Å². The summed E-state index contributed by atoms with van der Waals surface area (Å²) in [6, 6.07) is 10.4. The summed E-state index contributed by atoms with van der Waals surface area (Å²) in [4.78, 5) is 20.9. The van der Waals surface area contributed by atoms with Gasteiger partial charge in [0.1, 0.15) is 5.75 Å². The molecule has 7 nitrogen and oxygen atoms in total. The molecule has 0 atom stereocenters. The number of carbonyl (C=O) groups is 1. The standard InChI is InChI=1S/C23H24ClN3O4/c1-14(2)13-30-21-18(24)11-16(12-20(21)29-4)22(28)27-19-7-6-17(10-15(19)3)31-23-25-8-5-9-26-23/h5-12,14H,13H2,1-4H3,(H,27,28). The molecule has 0 spiro atoms. The van der Waals surface area contributed by atoms with Crippen LogP contribution in [0.4, 0.5) is 5.69 Å². The summed E-state index contributed by atoms with van der Waals surface area (Å²) >= 11 is 6.36. The highest BCUT2D eigenvalue weighted by Crippen LogP contribution is 2.37. The smallest absolute Gasteiger partial charge is 0.321 e. The molecule has 0 aliphatic heterocycles. The van der Waals surface area contributed by atoms with Gasteiger partial charge in [-0.1, -0.05) is 25.4 Å². The van der Waals surface area contributed by atoms with Crippen LogP contribution in [0.1, 0.15) is 29.8 Å². The first-order valence-electron chi connectivity index (χ1n) is 9.74. The van der Waals surface area contributed by atoms with Gasteiger partial charge in [-0.15, -0.1) is 0 Å². The highest BCUT2D eigenvalue weighted by atomic mass is 35.5. The van der Waals surface area contributed by atoms with E-state index in [0.29, 0.717) is 46.0 Å². The lowest BCUT2D eigenvalue weighted by molar-refractivity contribution is 0.102. The minimum Gasteiger partial charge on any atom is -0.493 e. The van der Waals surface area contributed by atoms with E-state index in [-0.39, 0.29) is 11.9 Å². The lowest BCUT2D eigenvalue weighted by Crippen LogP contribution is -2.13. The largest absolute Gasteiger partial charge is 0.493 e. The van der Waals surface area contributed by atoms with Crippen LogP contribution in [0, 0.1) is 12.8 Å². The molecule has 0 unspecified atom stereocenters. The fraction of sp³-hybridized carbons (Fsp3) is 0.261. The molecule has 0 bridgehead atoms. The quantitative estimate of drug-likeness (QED) is 0.495. The first-order valence-corrected chi connectivity index (χ1v) is 10.1. The Morgan fingerprint density at radius 1 is 1.16 bits per heavy atom. The van der Waals surface area contributed by atoms with Crippen LogP contribution in [0.25, 0.3) is 0 Å².